The molecule has 0 radical (unpaired) electrons. The molecule has 100 valence electrons. The zero-order chi connectivity index (χ0) is 13.2. The molecule has 2 N–H and O–H groups in total. The Balaban J connectivity index is 1.68. The highest BCUT2D eigenvalue weighted by atomic mass is 16.5. The Morgan fingerprint density at radius 2 is 2.21 bits per heavy atom. The molecule has 1 aliphatic carbocycles. The highest BCUT2D eigenvalue weighted by Gasteiger charge is 2.20. The average molecular weight is 260 g/mol. The van der Waals surface area contributed by atoms with E-state index in [1.807, 2.05) is 6.07 Å². The number of hydrogen-bond acceptors (Lipinski definition) is 4. The van der Waals surface area contributed by atoms with Gasteiger partial charge in [0.2, 0.25) is 0 Å². The standard InChI is InChI=1S/C13H16N4O2/c1-8-6-11(17-19-8)13(18)14-12-7-10(15-16-12)9-4-2-3-5-9/h6-7,9H,2-5H2,1H3,(H2,14,15,16,18). The van der Waals surface area contributed by atoms with Crippen molar-refractivity contribution in [3.8, 4) is 0 Å². The molecule has 1 amide bonds. The van der Waals surface area contributed by atoms with Gasteiger partial charge in [-0.15, -0.1) is 0 Å². The van der Waals surface area contributed by atoms with Crippen molar-refractivity contribution in [1.29, 1.82) is 0 Å². The van der Waals surface area contributed by atoms with Crippen molar-refractivity contribution in [2.45, 2.75) is 38.5 Å². The van der Waals surface area contributed by atoms with E-state index in [1.54, 1.807) is 13.0 Å². The number of hydrogen-bond donors (Lipinski definition) is 2. The summed E-state index contributed by atoms with van der Waals surface area (Å²) in [5.74, 6) is 1.39. The number of aromatic amines is 1. The maximum atomic E-state index is 11.9. The fraction of sp³-hybridized carbons (Fsp3) is 0.462. The second-order valence-electron chi connectivity index (χ2n) is 4.97. The van der Waals surface area contributed by atoms with Crippen molar-refractivity contribution in [3.05, 3.63) is 29.3 Å². The van der Waals surface area contributed by atoms with Crippen molar-refractivity contribution in [1.82, 2.24) is 15.4 Å². The number of aryl methyl sites for hydroxylation is 1. The lowest BCUT2D eigenvalue weighted by atomic mass is 10.0. The van der Waals surface area contributed by atoms with E-state index in [0.717, 1.165) is 5.69 Å². The molecule has 19 heavy (non-hydrogen) atoms. The van der Waals surface area contributed by atoms with Gasteiger partial charge < -0.3 is 9.84 Å². The summed E-state index contributed by atoms with van der Waals surface area (Å²) in [6.45, 7) is 1.75. The van der Waals surface area contributed by atoms with Crippen molar-refractivity contribution < 1.29 is 9.32 Å². The molecule has 0 aromatic carbocycles. The molecule has 0 spiro atoms. The lowest BCUT2D eigenvalue weighted by molar-refractivity contribution is 0.101. The number of H-pyrrole nitrogens is 1. The first-order chi connectivity index (χ1) is 9.22. The van der Waals surface area contributed by atoms with E-state index in [9.17, 15) is 4.79 Å². The molecule has 1 aliphatic rings. The molecular formula is C13H16N4O2. The van der Waals surface area contributed by atoms with Crippen LogP contribution in [0, 0.1) is 6.92 Å². The third kappa shape index (κ3) is 2.52. The number of nitrogens with one attached hydrogen (secondary N) is 2. The maximum Gasteiger partial charge on any atom is 0.279 e. The molecule has 6 heteroatoms. The van der Waals surface area contributed by atoms with Gasteiger partial charge in [-0.1, -0.05) is 18.0 Å². The van der Waals surface area contributed by atoms with Gasteiger partial charge in [0.1, 0.15) is 5.76 Å². The normalized spacial score (nSPS) is 15.8. The van der Waals surface area contributed by atoms with Gasteiger partial charge in [0, 0.05) is 23.7 Å². The predicted octanol–water partition coefficient (Wildman–Crippen LogP) is 2.62. The van der Waals surface area contributed by atoms with E-state index in [1.165, 1.54) is 25.7 Å². The second kappa shape index (κ2) is 4.87. The summed E-state index contributed by atoms with van der Waals surface area (Å²) >= 11 is 0. The van der Waals surface area contributed by atoms with Gasteiger partial charge >= 0.3 is 0 Å². The van der Waals surface area contributed by atoms with Crippen LogP contribution in [0.3, 0.4) is 0 Å². The molecule has 1 saturated carbocycles. The number of amides is 1. The van der Waals surface area contributed by atoms with Gasteiger partial charge in [-0.3, -0.25) is 9.89 Å². The van der Waals surface area contributed by atoms with Crippen LogP contribution in [0.5, 0.6) is 0 Å². The molecule has 0 bridgehead atoms. The third-order valence-corrected chi connectivity index (χ3v) is 3.49. The molecule has 1 fully saturated rings. The van der Waals surface area contributed by atoms with Crippen molar-refractivity contribution in [3.63, 3.8) is 0 Å². The summed E-state index contributed by atoms with van der Waals surface area (Å²) in [5.41, 5.74) is 1.37. The van der Waals surface area contributed by atoms with E-state index in [-0.39, 0.29) is 11.6 Å². The van der Waals surface area contributed by atoms with Crippen LogP contribution in [0.1, 0.15) is 53.5 Å². The molecule has 0 atom stereocenters. The summed E-state index contributed by atoms with van der Waals surface area (Å²) in [6, 6.07) is 3.50. The van der Waals surface area contributed by atoms with Crippen LogP contribution in [-0.2, 0) is 0 Å². The van der Waals surface area contributed by atoms with Gasteiger partial charge in [-0.25, -0.2) is 0 Å². The van der Waals surface area contributed by atoms with E-state index < -0.39 is 0 Å². The minimum Gasteiger partial charge on any atom is -0.361 e. The minimum atomic E-state index is -0.304. The van der Waals surface area contributed by atoms with Crippen LogP contribution >= 0.6 is 0 Å². The van der Waals surface area contributed by atoms with Crippen LogP contribution in [0.25, 0.3) is 0 Å². The van der Waals surface area contributed by atoms with Gasteiger partial charge in [0.25, 0.3) is 5.91 Å². The zero-order valence-electron chi connectivity index (χ0n) is 10.8. The zero-order valence-corrected chi connectivity index (χ0v) is 10.8. The lowest BCUT2D eigenvalue weighted by Crippen LogP contribution is -2.12. The molecule has 6 nitrogen and oxygen atoms in total. The molecule has 2 aromatic heterocycles. The Labute approximate surface area is 110 Å². The number of rotatable bonds is 3. The summed E-state index contributed by atoms with van der Waals surface area (Å²) in [5, 5.41) is 13.5. The van der Waals surface area contributed by atoms with Crippen molar-refractivity contribution >= 4 is 11.7 Å². The quantitative estimate of drug-likeness (QED) is 0.888. The predicted molar refractivity (Wildman–Crippen MR) is 69.0 cm³/mol. The largest absolute Gasteiger partial charge is 0.361 e. The molecule has 2 heterocycles. The average Bonchev–Trinajstić information content (AvgIpc) is 3.07. The first-order valence-corrected chi connectivity index (χ1v) is 6.52. The highest BCUT2D eigenvalue weighted by Crippen LogP contribution is 2.33. The van der Waals surface area contributed by atoms with Crippen LogP contribution in [0.4, 0.5) is 5.82 Å². The summed E-state index contributed by atoms with van der Waals surface area (Å²) in [6.07, 6.45) is 4.92. The number of aromatic nitrogens is 3. The summed E-state index contributed by atoms with van der Waals surface area (Å²) in [7, 11) is 0. The molecule has 3 rings (SSSR count). The molecule has 0 unspecified atom stereocenters. The van der Waals surface area contributed by atoms with Crippen molar-refractivity contribution in [2.24, 2.45) is 0 Å². The van der Waals surface area contributed by atoms with Gasteiger partial charge in [0.05, 0.1) is 0 Å². The van der Waals surface area contributed by atoms with E-state index in [4.69, 9.17) is 4.52 Å². The SMILES string of the molecule is Cc1cc(C(=O)Nc2cc(C3CCCC3)[nH]n2)no1. The first-order valence-electron chi connectivity index (χ1n) is 6.52. The van der Waals surface area contributed by atoms with Crippen LogP contribution < -0.4 is 5.32 Å². The number of nitrogens with zero attached hydrogens (tertiary/aromatic N) is 2. The first kappa shape index (κ1) is 12.0. The topological polar surface area (TPSA) is 83.8 Å². The maximum absolute atomic E-state index is 11.9. The van der Waals surface area contributed by atoms with Crippen molar-refractivity contribution in [2.75, 3.05) is 5.32 Å². The lowest BCUT2D eigenvalue weighted by Gasteiger charge is -2.03. The van der Waals surface area contributed by atoms with Gasteiger partial charge in [0.15, 0.2) is 11.5 Å². The number of anilines is 1. The number of carbonyl (C=O) groups excluding carboxylic acids is 1. The fourth-order valence-corrected chi connectivity index (χ4v) is 2.50. The van der Waals surface area contributed by atoms with Gasteiger partial charge in [-0.2, -0.15) is 5.10 Å². The molecule has 0 aliphatic heterocycles. The summed E-state index contributed by atoms with van der Waals surface area (Å²) < 4.78 is 4.87. The molecular weight excluding hydrogens is 244 g/mol. The Morgan fingerprint density at radius 3 is 2.89 bits per heavy atom. The molecule has 0 saturated heterocycles. The van der Waals surface area contributed by atoms with Crippen LogP contribution in [0.15, 0.2) is 16.7 Å². The Hall–Kier alpha value is -2.11. The Kier molecular flexibility index (Phi) is 3.06. The Bertz CT molecular complexity index is 581. The smallest absolute Gasteiger partial charge is 0.279 e. The third-order valence-electron chi connectivity index (χ3n) is 3.49. The fourth-order valence-electron chi connectivity index (χ4n) is 2.50. The van der Waals surface area contributed by atoms with Crippen LogP contribution in [0.2, 0.25) is 0 Å². The Morgan fingerprint density at radius 1 is 1.42 bits per heavy atom. The number of carbonyl (C=O) groups is 1. The van der Waals surface area contributed by atoms with E-state index in [2.05, 4.69) is 20.7 Å². The van der Waals surface area contributed by atoms with Crippen LogP contribution in [-0.4, -0.2) is 21.3 Å². The highest BCUT2D eigenvalue weighted by molar-refractivity contribution is 6.02. The summed E-state index contributed by atoms with van der Waals surface area (Å²) in [4.78, 5) is 11.9. The monoisotopic (exact) mass is 260 g/mol. The molecule has 2 aromatic rings. The second-order valence-corrected chi connectivity index (χ2v) is 4.97. The minimum absolute atomic E-state index is 0.267. The van der Waals surface area contributed by atoms with E-state index >= 15 is 0 Å². The van der Waals surface area contributed by atoms with Gasteiger partial charge in [-0.05, 0) is 19.8 Å². The van der Waals surface area contributed by atoms with E-state index in [0.29, 0.717) is 17.5 Å².